The first-order valence-corrected chi connectivity index (χ1v) is 7.26. The summed E-state index contributed by atoms with van der Waals surface area (Å²) in [6.45, 7) is 2.05. The van der Waals surface area contributed by atoms with Crippen molar-refractivity contribution in [3.8, 4) is 10.6 Å². The maximum absolute atomic E-state index is 4.56. The molecule has 0 spiro atoms. The van der Waals surface area contributed by atoms with Crippen LogP contribution in [0.25, 0.3) is 10.6 Å². The van der Waals surface area contributed by atoms with E-state index < -0.39 is 0 Å². The molecule has 3 nitrogen and oxygen atoms in total. The van der Waals surface area contributed by atoms with Crippen LogP contribution in [0, 0.1) is 6.92 Å². The second-order valence-electron chi connectivity index (χ2n) is 3.86. The second kappa shape index (κ2) is 4.88. The van der Waals surface area contributed by atoms with Gasteiger partial charge in [-0.05, 0) is 36.1 Å². The lowest BCUT2D eigenvalue weighted by Gasteiger charge is -2.01. The average Bonchev–Trinajstić information content (AvgIpc) is 2.98. The zero-order valence-corrected chi connectivity index (χ0v) is 11.4. The van der Waals surface area contributed by atoms with Gasteiger partial charge in [0.05, 0.1) is 10.6 Å². The monoisotopic (exact) mass is 273 g/mol. The number of nitrogens with zero attached hydrogens (tertiary/aromatic N) is 2. The van der Waals surface area contributed by atoms with E-state index in [2.05, 4.69) is 32.1 Å². The highest BCUT2D eigenvalue weighted by molar-refractivity contribution is 7.16. The van der Waals surface area contributed by atoms with Gasteiger partial charge in [0.15, 0.2) is 5.13 Å². The number of anilines is 2. The molecule has 3 aromatic rings. The van der Waals surface area contributed by atoms with Crippen molar-refractivity contribution in [3.63, 3.8) is 0 Å². The van der Waals surface area contributed by atoms with E-state index in [1.807, 2.05) is 25.1 Å². The van der Waals surface area contributed by atoms with Gasteiger partial charge in [-0.2, -0.15) is 0 Å². The van der Waals surface area contributed by atoms with Gasteiger partial charge in [-0.3, -0.25) is 0 Å². The molecule has 3 rings (SSSR count). The van der Waals surface area contributed by atoms with Crippen LogP contribution in [0.1, 0.15) is 5.56 Å². The molecule has 0 saturated carbocycles. The lowest BCUT2D eigenvalue weighted by atomic mass is 10.3. The fraction of sp³-hybridized carbons (Fsp3) is 0.0769. The summed E-state index contributed by atoms with van der Waals surface area (Å²) in [5, 5.41) is 8.22. The van der Waals surface area contributed by atoms with Gasteiger partial charge in [-0.25, -0.2) is 9.97 Å². The predicted molar refractivity (Wildman–Crippen MR) is 77.7 cm³/mol. The average molecular weight is 273 g/mol. The number of thiazole rings is 1. The topological polar surface area (TPSA) is 37.8 Å². The molecule has 0 saturated heterocycles. The standard InChI is InChI=1S/C13H11N3S2/c1-9-4-5-14-12(7-9)16-13-15-10(8-18-13)11-3-2-6-17-11/h2-8H,1H3,(H,14,15,16). The Kier molecular flexibility index (Phi) is 3.08. The fourth-order valence-corrected chi connectivity index (χ4v) is 3.06. The van der Waals surface area contributed by atoms with Crippen molar-refractivity contribution in [2.75, 3.05) is 5.32 Å². The molecular formula is C13H11N3S2. The van der Waals surface area contributed by atoms with Crippen LogP contribution in [0.5, 0.6) is 0 Å². The fourth-order valence-electron chi connectivity index (χ4n) is 1.58. The Morgan fingerprint density at radius 2 is 2.17 bits per heavy atom. The summed E-state index contributed by atoms with van der Waals surface area (Å²) in [6, 6.07) is 8.10. The summed E-state index contributed by atoms with van der Waals surface area (Å²) in [5.41, 5.74) is 2.20. The quantitative estimate of drug-likeness (QED) is 0.772. The number of hydrogen-bond acceptors (Lipinski definition) is 5. The summed E-state index contributed by atoms with van der Waals surface area (Å²) in [7, 11) is 0. The van der Waals surface area contributed by atoms with Crippen molar-refractivity contribution < 1.29 is 0 Å². The minimum atomic E-state index is 0.835. The smallest absolute Gasteiger partial charge is 0.188 e. The van der Waals surface area contributed by atoms with Crippen molar-refractivity contribution in [1.29, 1.82) is 0 Å². The summed E-state index contributed by atoms with van der Waals surface area (Å²) in [4.78, 5) is 10.0. The van der Waals surface area contributed by atoms with Crippen molar-refractivity contribution in [1.82, 2.24) is 9.97 Å². The summed E-state index contributed by atoms with van der Waals surface area (Å²) in [6.07, 6.45) is 1.80. The normalized spacial score (nSPS) is 10.5. The van der Waals surface area contributed by atoms with Crippen molar-refractivity contribution >= 4 is 33.6 Å². The largest absolute Gasteiger partial charge is 0.316 e. The summed E-state index contributed by atoms with van der Waals surface area (Å²) >= 11 is 3.29. The first kappa shape index (κ1) is 11.4. The third-order valence-corrected chi connectivity index (χ3v) is 4.08. The molecule has 0 bridgehead atoms. The Labute approximate surface area is 113 Å². The van der Waals surface area contributed by atoms with E-state index in [-0.39, 0.29) is 0 Å². The number of thiophene rings is 1. The van der Waals surface area contributed by atoms with Crippen LogP contribution in [0.3, 0.4) is 0 Å². The van der Waals surface area contributed by atoms with E-state index in [4.69, 9.17) is 0 Å². The van der Waals surface area contributed by atoms with Crippen LogP contribution in [-0.2, 0) is 0 Å². The van der Waals surface area contributed by atoms with Gasteiger partial charge in [0.25, 0.3) is 0 Å². The van der Waals surface area contributed by atoms with Crippen molar-refractivity contribution in [2.24, 2.45) is 0 Å². The highest BCUT2D eigenvalue weighted by Crippen LogP contribution is 2.29. The van der Waals surface area contributed by atoms with Crippen LogP contribution in [0.15, 0.2) is 41.2 Å². The van der Waals surface area contributed by atoms with E-state index in [1.54, 1.807) is 28.9 Å². The highest BCUT2D eigenvalue weighted by atomic mass is 32.1. The highest BCUT2D eigenvalue weighted by Gasteiger charge is 2.05. The predicted octanol–water partition coefficient (Wildman–Crippen LogP) is 4.32. The van der Waals surface area contributed by atoms with Crippen LogP contribution in [0.2, 0.25) is 0 Å². The molecule has 0 aromatic carbocycles. The van der Waals surface area contributed by atoms with Gasteiger partial charge >= 0.3 is 0 Å². The molecule has 3 heterocycles. The molecule has 0 amide bonds. The molecule has 90 valence electrons. The minimum Gasteiger partial charge on any atom is -0.316 e. The van der Waals surface area contributed by atoms with E-state index in [0.717, 1.165) is 16.6 Å². The lowest BCUT2D eigenvalue weighted by molar-refractivity contribution is 1.26. The van der Waals surface area contributed by atoms with E-state index in [9.17, 15) is 0 Å². The molecule has 0 aliphatic rings. The number of aryl methyl sites for hydroxylation is 1. The third-order valence-electron chi connectivity index (χ3n) is 2.43. The Balaban J connectivity index is 1.82. The van der Waals surface area contributed by atoms with Gasteiger partial charge < -0.3 is 5.32 Å². The van der Waals surface area contributed by atoms with Crippen LogP contribution >= 0.6 is 22.7 Å². The molecule has 0 unspecified atom stereocenters. The zero-order chi connectivity index (χ0) is 12.4. The van der Waals surface area contributed by atoms with Gasteiger partial charge in [-0.1, -0.05) is 6.07 Å². The molecule has 0 radical (unpaired) electrons. The molecule has 1 N–H and O–H groups in total. The number of rotatable bonds is 3. The third kappa shape index (κ3) is 2.42. The maximum atomic E-state index is 4.56. The molecular weight excluding hydrogens is 262 g/mol. The van der Waals surface area contributed by atoms with Crippen molar-refractivity contribution in [2.45, 2.75) is 6.92 Å². The number of aromatic nitrogens is 2. The number of hydrogen-bond donors (Lipinski definition) is 1. The van der Waals surface area contributed by atoms with E-state index in [1.165, 1.54) is 10.4 Å². The van der Waals surface area contributed by atoms with E-state index in [0.29, 0.717) is 0 Å². The molecule has 0 aliphatic carbocycles. The van der Waals surface area contributed by atoms with Crippen LogP contribution in [0.4, 0.5) is 10.9 Å². The molecule has 5 heteroatoms. The van der Waals surface area contributed by atoms with Gasteiger partial charge in [0, 0.05) is 11.6 Å². The van der Waals surface area contributed by atoms with Crippen LogP contribution < -0.4 is 5.32 Å². The first-order chi connectivity index (χ1) is 8.81. The molecule has 3 aromatic heterocycles. The SMILES string of the molecule is Cc1ccnc(Nc2nc(-c3cccs3)cs2)c1. The lowest BCUT2D eigenvalue weighted by Crippen LogP contribution is -1.92. The van der Waals surface area contributed by atoms with Gasteiger partial charge in [0.1, 0.15) is 5.82 Å². The Hall–Kier alpha value is -1.72. The molecule has 0 atom stereocenters. The second-order valence-corrected chi connectivity index (χ2v) is 5.66. The first-order valence-electron chi connectivity index (χ1n) is 5.50. The van der Waals surface area contributed by atoms with E-state index >= 15 is 0 Å². The molecule has 0 fully saturated rings. The minimum absolute atomic E-state index is 0.835. The Morgan fingerprint density at radius 1 is 1.22 bits per heavy atom. The zero-order valence-electron chi connectivity index (χ0n) is 9.75. The summed E-state index contributed by atoms with van der Waals surface area (Å²) < 4.78 is 0. The Morgan fingerprint density at radius 3 is 2.94 bits per heavy atom. The van der Waals surface area contributed by atoms with Gasteiger partial charge in [0.2, 0.25) is 0 Å². The van der Waals surface area contributed by atoms with Crippen LogP contribution in [-0.4, -0.2) is 9.97 Å². The number of pyridine rings is 1. The Bertz CT molecular complexity index is 644. The molecule has 0 aliphatic heterocycles. The molecule has 18 heavy (non-hydrogen) atoms. The van der Waals surface area contributed by atoms with Crippen molar-refractivity contribution in [3.05, 3.63) is 46.8 Å². The van der Waals surface area contributed by atoms with Gasteiger partial charge in [-0.15, -0.1) is 22.7 Å². The number of nitrogens with one attached hydrogen (secondary N) is 1. The maximum Gasteiger partial charge on any atom is 0.188 e. The summed E-state index contributed by atoms with van der Waals surface area (Å²) in [5.74, 6) is 0.835.